The fraction of sp³-hybridized carbons (Fsp3) is 0.125. The maximum atomic E-state index is 5.41. The van der Waals surface area contributed by atoms with E-state index in [9.17, 15) is 0 Å². The predicted octanol–water partition coefficient (Wildman–Crippen LogP) is 5.07. The summed E-state index contributed by atoms with van der Waals surface area (Å²) < 4.78 is 10.8. The summed E-state index contributed by atoms with van der Waals surface area (Å²) in [5, 5.41) is 5.33. The van der Waals surface area contributed by atoms with Crippen LogP contribution in [-0.2, 0) is 0 Å². The third kappa shape index (κ3) is 3.93. The van der Waals surface area contributed by atoms with Crippen LogP contribution in [0.3, 0.4) is 0 Å². The van der Waals surface area contributed by atoms with Gasteiger partial charge in [-0.25, -0.2) is 15.4 Å². The van der Waals surface area contributed by atoms with Crippen LogP contribution in [0.5, 0.6) is 11.5 Å². The lowest BCUT2D eigenvalue weighted by molar-refractivity contribution is 0.393. The molecule has 4 rings (SSSR count). The third-order valence-electron chi connectivity index (χ3n) is 4.72. The molecule has 0 amide bonds. The summed E-state index contributed by atoms with van der Waals surface area (Å²) in [6.45, 7) is 2.04. The number of hydrogen-bond donors (Lipinski definition) is 1. The number of rotatable bonds is 6. The standard InChI is InChI=1S/C24H22N4O2/c1-16-12-13-18-20(14-16)26-24(27-23(18)17-8-5-4-6-9-17)28-25-15-19-21(29-2)10-7-11-22(19)30-3/h4-15H,1-3H3,(H,26,27,28). The molecule has 0 aliphatic heterocycles. The van der Waals surface area contributed by atoms with E-state index in [2.05, 4.69) is 27.6 Å². The molecule has 0 atom stereocenters. The Bertz CT molecular complexity index is 1180. The van der Waals surface area contributed by atoms with Gasteiger partial charge in [-0.15, -0.1) is 0 Å². The van der Waals surface area contributed by atoms with Gasteiger partial charge in [-0.2, -0.15) is 5.10 Å². The van der Waals surface area contributed by atoms with Gasteiger partial charge in [0.2, 0.25) is 5.95 Å². The van der Waals surface area contributed by atoms with Crippen LogP contribution < -0.4 is 14.9 Å². The third-order valence-corrected chi connectivity index (χ3v) is 4.72. The maximum Gasteiger partial charge on any atom is 0.244 e. The minimum absolute atomic E-state index is 0.414. The molecule has 0 aliphatic carbocycles. The van der Waals surface area contributed by atoms with Gasteiger partial charge in [0.1, 0.15) is 11.5 Å². The lowest BCUT2D eigenvalue weighted by Crippen LogP contribution is -2.01. The number of methoxy groups -OCH3 is 2. The first-order valence-corrected chi connectivity index (χ1v) is 9.53. The van der Waals surface area contributed by atoms with Crippen molar-refractivity contribution in [2.24, 2.45) is 5.10 Å². The summed E-state index contributed by atoms with van der Waals surface area (Å²) in [5.74, 6) is 1.75. The minimum Gasteiger partial charge on any atom is -0.496 e. The highest BCUT2D eigenvalue weighted by atomic mass is 16.5. The van der Waals surface area contributed by atoms with Crippen LogP contribution in [0.15, 0.2) is 71.8 Å². The zero-order valence-electron chi connectivity index (χ0n) is 17.1. The fourth-order valence-electron chi connectivity index (χ4n) is 3.27. The summed E-state index contributed by atoms with van der Waals surface area (Å²) in [4.78, 5) is 9.36. The molecular weight excluding hydrogens is 376 g/mol. The summed E-state index contributed by atoms with van der Waals surface area (Å²) >= 11 is 0. The number of fused-ring (bicyclic) bond motifs is 1. The number of aryl methyl sites for hydroxylation is 1. The van der Waals surface area contributed by atoms with Gasteiger partial charge in [-0.3, -0.25) is 0 Å². The average Bonchev–Trinajstić information content (AvgIpc) is 2.78. The van der Waals surface area contributed by atoms with Gasteiger partial charge < -0.3 is 9.47 Å². The molecule has 3 aromatic carbocycles. The van der Waals surface area contributed by atoms with Crippen molar-refractivity contribution in [1.82, 2.24) is 9.97 Å². The van der Waals surface area contributed by atoms with Crippen LogP contribution in [0.2, 0.25) is 0 Å². The first-order chi connectivity index (χ1) is 14.7. The molecule has 1 heterocycles. The molecule has 0 spiro atoms. The lowest BCUT2D eigenvalue weighted by atomic mass is 10.1. The first-order valence-electron chi connectivity index (χ1n) is 9.53. The molecule has 0 bridgehead atoms. The van der Waals surface area contributed by atoms with E-state index in [0.717, 1.165) is 33.3 Å². The second-order valence-electron chi connectivity index (χ2n) is 6.73. The summed E-state index contributed by atoms with van der Waals surface area (Å²) in [5.41, 5.74) is 7.55. The molecule has 0 fully saturated rings. The number of ether oxygens (including phenoxy) is 2. The number of nitrogens with zero attached hydrogens (tertiary/aromatic N) is 3. The van der Waals surface area contributed by atoms with Crippen LogP contribution in [-0.4, -0.2) is 30.4 Å². The number of aromatic nitrogens is 2. The van der Waals surface area contributed by atoms with E-state index in [1.807, 2.05) is 61.5 Å². The fourth-order valence-corrected chi connectivity index (χ4v) is 3.27. The van der Waals surface area contributed by atoms with Crippen LogP contribution in [0.4, 0.5) is 5.95 Å². The molecule has 6 nitrogen and oxygen atoms in total. The smallest absolute Gasteiger partial charge is 0.244 e. The summed E-state index contributed by atoms with van der Waals surface area (Å²) in [6, 6.07) is 21.8. The second-order valence-corrected chi connectivity index (χ2v) is 6.73. The van der Waals surface area contributed by atoms with E-state index in [4.69, 9.17) is 14.5 Å². The molecule has 0 saturated heterocycles. The topological polar surface area (TPSA) is 68.6 Å². The Morgan fingerprint density at radius 2 is 1.60 bits per heavy atom. The van der Waals surface area contributed by atoms with Crippen LogP contribution in [0.25, 0.3) is 22.2 Å². The van der Waals surface area contributed by atoms with E-state index in [-0.39, 0.29) is 0 Å². The minimum atomic E-state index is 0.414. The monoisotopic (exact) mass is 398 g/mol. The van der Waals surface area contributed by atoms with Gasteiger partial charge >= 0.3 is 0 Å². The number of hydrazone groups is 1. The Balaban J connectivity index is 1.73. The number of anilines is 1. The van der Waals surface area contributed by atoms with E-state index < -0.39 is 0 Å². The first kappa shape index (κ1) is 19.4. The van der Waals surface area contributed by atoms with Crippen LogP contribution in [0, 0.1) is 6.92 Å². The molecule has 4 aromatic rings. The van der Waals surface area contributed by atoms with Crippen molar-refractivity contribution in [3.05, 3.63) is 77.9 Å². The number of hydrogen-bond acceptors (Lipinski definition) is 6. The van der Waals surface area contributed by atoms with Gasteiger partial charge in [0.05, 0.1) is 37.2 Å². The van der Waals surface area contributed by atoms with Gasteiger partial charge in [0.15, 0.2) is 0 Å². The Hall–Kier alpha value is -3.93. The molecule has 0 radical (unpaired) electrons. The van der Waals surface area contributed by atoms with Crippen molar-refractivity contribution in [3.8, 4) is 22.8 Å². The normalized spacial score (nSPS) is 11.0. The highest BCUT2D eigenvalue weighted by molar-refractivity contribution is 5.93. The van der Waals surface area contributed by atoms with Crippen molar-refractivity contribution >= 4 is 23.1 Å². The lowest BCUT2D eigenvalue weighted by Gasteiger charge is -2.10. The molecule has 1 N–H and O–H groups in total. The quantitative estimate of drug-likeness (QED) is 0.363. The van der Waals surface area contributed by atoms with Crippen LogP contribution >= 0.6 is 0 Å². The SMILES string of the molecule is COc1cccc(OC)c1C=NNc1nc(-c2ccccc2)c2ccc(C)cc2n1. The summed E-state index contributed by atoms with van der Waals surface area (Å²) in [7, 11) is 3.22. The Kier molecular flexibility index (Phi) is 5.57. The molecule has 0 unspecified atom stereocenters. The molecule has 0 saturated carbocycles. The highest BCUT2D eigenvalue weighted by Gasteiger charge is 2.11. The van der Waals surface area contributed by atoms with Crippen molar-refractivity contribution in [2.75, 3.05) is 19.6 Å². The maximum absolute atomic E-state index is 5.41. The van der Waals surface area contributed by atoms with Gasteiger partial charge in [-0.1, -0.05) is 48.5 Å². The van der Waals surface area contributed by atoms with Crippen LogP contribution in [0.1, 0.15) is 11.1 Å². The van der Waals surface area contributed by atoms with Gasteiger partial charge in [-0.05, 0) is 30.7 Å². The average molecular weight is 398 g/mol. The van der Waals surface area contributed by atoms with Crippen molar-refractivity contribution in [3.63, 3.8) is 0 Å². The molecular formula is C24H22N4O2. The zero-order valence-corrected chi connectivity index (χ0v) is 17.1. The van der Waals surface area contributed by atoms with Crippen molar-refractivity contribution in [1.29, 1.82) is 0 Å². The Morgan fingerprint density at radius 3 is 2.30 bits per heavy atom. The highest BCUT2D eigenvalue weighted by Crippen LogP contribution is 2.28. The van der Waals surface area contributed by atoms with E-state index in [0.29, 0.717) is 17.4 Å². The Labute approximate surface area is 175 Å². The predicted molar refractivity (Wildman–Crippen MR) is 120 cm³/mol. The largest absolute Gasteiger partial charge is 0.496 e. The van der Waals surface area contributed by atoms with E-state index in [1.54, 1.807) is 20.4 Å². The zero-order chi connectivity index (χ0) is 20.9. The molecule has 1 aromatic heterocycles. The number of nitrogens with one attached hydrogen (secondary N) is 1. The molecule has 0 aliphatic rings. The van der Waals surface area contributed by atoms with Gasteiger partial charge in [0, 0.05) is 10.9 Å². The molecule has 30 heavy (non-hydrogen) atoms. The van der Waals surface area contributed by atoms with Gasteiger partial charge in [0.25, 0.3) is 0 Å². The molecule has 6 heteroatoms. The van der Waals surface area contributed by atoms with E-state index >= 15 is 0 Å². The van der Waals surface area contributed by atoms with Crippen molar-refractivity contribution < 1.29 is 9.47 Å². The Morgan fingerprint density at radius 1 is 0.867 bits per heavy atom. The van der Waals surface area contributed by atoms with Crippen molar-refractivity contribution in [2.45, 2.75) is 6.92 Å². The number of benzene rings is 3. The molecule has 150 valence electrons. The van der Waals surface area contributed by atoms with E-state index in [1.165, 1.54) is 0 Å². The summed E-state index contributed by atoms with van der Waals surface area (Å²) in [6.07, 6.45) is 1.64. The second kappa shape index (κ2) is 8.61.